The predicted molar refractivity (Wildman–Crippen MR) is 125 cm³/mol. The minimum atomic E-state index is -0.274. The van der Waals surface area contributed by atoms with E-state index in [2.05, 4.69) is 13.8 Å². The molecule has 0 atom stereocenters. The molecule has 0 aromatic heterocycles. The highest BCUT2D eigenvalue weighted by Crippen LogP contribution is 2.40. The Morgan fingerprint density at radius 3 is 2.03 bits per heavy atom. The highest BCUT2D eigenvalue weighted by Gasteiger charge is 2.40. The number of nitrogens with zero attached hydrogens (tertiary/aromatic N) is 1. The molecule has 0 unspecified atom stereocenters. The molecule has 1 aliphatic rings. The smallest absolute Gasteiger partial charge is 0.272 e. The predicted octanol–water partition coefficient (Wildman–Crippen LogP) is 5.76. The van der Waals surface area contributed by atoms with E-state index in [-0.39, 0.29) is 17.1 Å². The summed E-state index contributed by atoms with van der Waals surface area (Å²) >= 11 is 1.44. The topological polar surface area (TPSA) is 46.6 Å². The fourth-order valence-corrected chi connectivity index (χ4v) is 4.39. The van der Waals surface area contributed by atoms with Gasteiger partial charge in [-0.05, 0) is 60.7 Å². The fraction of sp³-hybridized carbons (Fsp3) is 0.360. The minimum Gasteiger partial charge on any atom is -0.493 e. The molecule has 2 amide bonds. The number of rotatable bonds is 7. The first-order valence-electron chi connectivity index (χ1n) is 10.3. The molecule has 30 heavy (non-hydrogen) atoms. The summed E-state index contributed by atoms with van der Waals surface area (Å²) in [4.78, 5) is 28.6. The van der Waals surface area contributed by atoms with Crippen LogP contribution in [0.1, 0.15) is 44.4 Å². The van der Waals surface area contributed by atoms with Crippen molar-refractivity contribution in [3.63, 3.8) is 0 Å². The van der Waals surface area contributed by atoms with Gasteiger partial charge in [-0.1, -0.05) is 45.9 Å². The standard InChI is InChI=1S/C25H29NO3S/c1-15(2)14-29-21-9-7-19(8-10-21)22-23(30-16(3)4)25(28)26(24(22)27)20-12-17(5)11-18(6)13-20/h7-13,15-16H,14H2,1-6H3. The van der Waals surface area contributed by atoms with Crippen LogP contribution in [0.3, 0.4) is 0 Å². The van der Waals surface area contributed by atoms with Crippen LogP contribution in [0.2, 0.25) is 0 Å². The van der Waals surface area contributed by atoms with E-state index in [0.29, 0.717) is 28.7 Å². The quantitative estimate of drug-likeness (QED) is 0.531. The number of carbonyl (C=O) groups is 2. The van der Waals surface area contributed by atoms with E-state index in [9.17, 15) is 9.59 Å². The lowest BCUT2D eigenvalue weighted by atomic mass is 10.1. The van der Waals surface area contributed by atoms with E-state index in [4.69, 9.17) is 4.74 Å². The third kappa shape index (κ3) is 4.78. The summed E-state index contributed by atoms with van der Waals surface area (Å²) in [6.45, 7) is 12.8. The van der Waals surface area contributed by atoms with Crippen molar-refractivity contribution in [1.29, 1.82) is 0 Å². The lowest BCUT2D eigenvalue weighted by Gasteiger charge is -2.17. The van der Waals surface area contributed by atoms with Gasteiger partial charge in [0.1, 0.15) is 5.75 Å². The van der Waals surface area contributed by atoms with Crippen molar-refractivity contribution in [2.45, 2.75) is 46.8 Å². The molecule has 2 aromatic rings. The number of hydrogen-bond acceptors (Lipinski definition) is 4. The second kappa shape index (κ2) is 9.09. The maximum Gasteiger partial charge on any atom is 0.272 e. The molecule has 0 bridgehead atoms. The third-order valence-electron chi connectivity index (χ3n) is 4.59. The SMILES string of the molecule is Cc1cc(C)cc(N2C(=O)C(SC(C)C)=C(c3ccc(OCC(C)C)cc3)C2=O)c1. The maximum absolute atomic E-state index is 13.4. The second-order valence-corrected chi connectivity index (χ2v) is 9.98. The van der Waals surface area contributed by atoms with E-state index in [0.717, 1.165) is 22.4 Å². The highest BCUT2D eigenvalue weighted by molar-refractivity contribution is 8.04. The number of amides is 2. The molecule has 0 aliphatic carbocycles. The van der Waals surface area contributed by atoms with E-state index in [1.165, 1.54) is 16.7 Å². The number of anilines is 1. The molecule has 0 saturated heterocycles. The molecule has 0 spiro atoms. The Morgan fingerprint density at radius 1 is 0.900 bits per heavy atom. The van der Waals surface area contributed by atoms with Crippen molar-refractivity contribution in [1.82, 2.24) is 0 Å². The van der Waals surface area contributed by atoms with Gasteiger partial charge in [0.05, 0.1) is 22.8 Å². The molecule has 158 valence electrons. The minimum absolute atomic E-state index is 0.180. The summed E-state index contributed by atoms with van der Waals surface area (Å²) in [5.41, 5.74) is 3.86. The first-order valence-corrected chi connectivity index (χ1v) is 11.2. The molecule has 5 heteroatoms. The van der Waals surface area contributed by atoms with Gasteiger partial charge in [-0.2, -0.15) is 0 Å². The van der Waals surface area contributed by atoms with E-state index < -0.39 is 0 Å². The number of aryl methyl sites for hydroxylation is 2. The first-order chi connectivity index (χ1) is 14.2. The highest BCUT2D eigenvalue weighted by atomic mass is 32.2. The Bertz CT molecular complexity index is 970. The summed E-state index contributed by atoms with van der Waals surface area (Å²) in [5.74, 6) is 0.665. The molecular formula is C25H29NO3S. The zero-order valence-electron chi connectivity index (χ0n) is 18.5. The monoisotopic (exact) mass is 423 g/mol. The number of thioether (sulfide) groups is 1. The van der Waals surface area contributed by atoms with Gasteiger partial charge in [0.15, 0.2) is 0 Å². The number of carbonyl (C=O) groups excluding carboxylic acids is 2. The van der Waals surface area contributed by atoms with E-state index in [1.807, 2.05) is 70.2 Å². The molecule has 0 saturated carbocycles. The van der Waals surface area contributed by atoms with E-state index in [1.54, 1.807) is 0 Å². The summed E-state index contributed by atoms with van der Waals surface area (Å²) in [5, 5.41) is 0.180. The summed E-state index contributed by atoms with van der Waals surface area (Å²) in [6.07, 6.45) is 0. The van der Waals surface area contributed by atoms with Gasteiger partial charge in [0.2, 0.25) is 0 Å². The van der Waals surface area contributed by atoms with Gasteiger partial charge in [0.25, 0.3) is 11.8 Å². The van der Waals surface area contributed by atoms with Crippen LogP contribution >= 0.6 is 11.8 Å². The van der Waals surface area contributed by atoms with Crippen LogP contribution in [0.15, 0.2) is 47.4 Å². The third-order valence-corrected chi connectivity index (χ3v) is 5.67. The van der Waals surface area contributed by atoms with Crippen molar-refractivity contribution in [3.05, 3.63) is 64.1 Å². The second-order valence-electron chi connectivity index (χ2n) is 8.39. The molecule has 0 radical (unpaired) electrons. The molecule has 2 aromatic carbocycles. The molecule has 3 rings (SSSR count). The van der Waals surface area contributed by atoms with Gasteiger partial charge < -0.3 is 4.74 Å². The Labute approximate surface area is 183 Å². The lowest BCUT2D eigenvalue weighted by Crippen LogP contribution is -2.31. The normalized spacial score (nSPS) is 14.5. The van der Waals surface area contributed by atoms with Crippen molar-refractivity contribution in [3.8, 4) is 5.75 Å². The first kappa shape index (κ1) is 22.2. The Morgan fingerprint density at radius 2 is 1.50 bits per heavy atom. The molecule has 0 N–H and O–H groups in total. The van der Waals surface area contributed by atoms with Crippen LogP contribution in [0.4, 0.5) is 5.69 Å². The molecule has 0 fully saturated rings. The van der Waals surface area contributed by atoms with Crippen LogP contribution in [-0.2, 0) is 9.59 Å². The fourth-order valence-electron chi connectivity index (χ4n) is 3.40. The van der Waals surface area contributed by atoms with Crippen molar-refractivity contribution < 1.29 is 14.3 Å². The summed E-state index contributed by atoms with van der Waals surface area (Å²) in [7, 11) is 0. The van der Waals surface area contributed by atoms with Crippen LogP contribution in [0, 0.1) is 19.8 Å². The Kier molecular flexibility index (Phi) is 6.71. The van der Waals surface area contributed by atoms with Gasteiger partial charge in [-0.25, -0.2) is 4.90 Å². The molecule has 1 heterocycles. The van der Waals surface area contributed by atoms with Crippen LogP contribution in [0.5, 0.6) is 5.75 Å². The maximum atomic E-state index is 13.4. The largest absolute Gasteiger partial charge is 0.493 e. The van der Waals surface area contributed by atoms with Crippen LogP contribution in [0.25, 0.3) is 5.57 Å². The Hall–Kier alpha value is -2.53. The molecular weight excluding hydrogens is 394 g/mol. The van der Waals surface area contributed by atoms with Crippen LogP contribution in [-0.4, -0.2) is 23.7 Å². The average molecular weight is 424 g/mol. The molecule has 1 aliphatic heterocycles. The van der Waals surface area contributed by atoms with Crippen molar-refractivity contribution in [2.75, 3.05) is 11.5 Å². The van der Waals surface area contributed by atoms with Crippen molar-refractivity contribution in [2.24, 2.45) is 5.92 Å². The average Bonchev–Trinajstić information content (AvgIpc) is 2.89. The van der Waals surface area contributed by atoms with Gasteiger partial charge in [-0.3, -0.25) is 9.59 Å². The van der Waals surface area contributed by atoms with Crippen molar-refractivity contribution >= 4 is 34.8 Å². The number of ether oxygens (including phenoxy) is 1. The Balaban J connectivity index is 2.00. The number of benzene rings is 2. The van der Waals surface area contributed by atoms with Crippen LogP contribution < -0.4 is 9.64 Å². The lowest BCUT2D eigenvalue weighted by molar-refractivity contribution is -0.119. The number of hydrogen-bond donors (Lipinski definition) is 0. The van der Waals surface area contributed by atoms with Gasteiger partial charge >= 0.3 is 0 Å². The summed E-state index contributed by atoms with van der Waals surface area (Å²) in [6, 6.07) is 13.2. The van der Waals surface area contributed by atoms with E-state index >= 15 is 0 Å². The van der Waals surface area contributed by atoms with Gasteiger partial charge in [-0.15, -0.1) is 11.8 Å². The zero-order chi connectivity index (χ0) is 22.0. The summed E-state index contributed by atoms with van der Waals surface area (Å²) < 4.78 is 5.76. The number of imide groups is 1. The van der Waals surface area contributed by atoms with Gasteiger partial charge in [0, 0.05) is 5.25 Å². The zero-order valence-corrected chi connectivity index (χ0v) is 19.3. The molecule has 4 nitrogen and oxygen atoms in total.